The number of ether oxygens (including phenoxy) is 1. The molecule has 0 radical (unpaired) electrons. The molecule has 5 aliphatic heterocycles. The number of hydrogen-bond acceptors (Lipinski definition) is 11. The number of pyridine rings is 1. The first kappa shape index (κ1) is 34.4. The van der Waals surface area contributed by atoms with Crippen LogP contribution < -0.4 is 15.5 Å². The Kier molecular flexibility index (Phi) is 7.77. The number of aromatic nitrogens is 3. The molecule has 8 heterocycles. The van der Waals surface area contributed by atoms with E-state index in [1.165, 1.54) is 24.3 Å². The van der Waals surface area contributed by atoms with Gasteiger partial charge in [-0.25, -0.2) is 22.9 Å². The molecule has 11 nitrogen and oxygen atoms in total. The minimum Gasteiger partial charge on any atom is -0.508 e. The molecule has 1 N–H and O–H groups in total. The van der Waals surface area contributed by atoms with Crippen LogP contribution in [0.15, 0.2) is 37.9 Å². The van der Waals surface area contributed by atoms with E-state index in [-0.39, 0.29) is 70.1 Å². The van der Waals surface area contributed by atoms with Crippen molar-refractivity contribution in [1.29, 1.82) is 0 Å². The van der Waals surface area contributed by atoms with Gasteiger partial charge in [-0.15, -0.1) is 6.42 Å². The lowest BCUT2D eigenvalue weighted by Crippen LogP contribution is -2.61. The molecule has 0 amide bonds. The minimum absolute atomic E-state index is 0.0101. The summed E-state index contributed by atoms with van der Waals surface area (Å²) < 4.78 is 64.4. The van der Waals surface area contributed by atoms with Gasteiger partial charge in [-0.1, -0.05) is 18.9 Å². The number of phenolic OH excluding ortho intramolecular Hbond substituents is 1. The Labute approximate surface area is 314 Å². The van der Waals surface area contributed by atoms with Crippen LogP contribution in [0.1, 0.15) is 61.8 Å². The number of aryl methyl sites for hydroxylation is 1. The van der Waals surface area contributed by atoms with Gasteiger partial charge in [-0.2, -0.15) is 9.97 Å². The minimum atomic E-state index is -0.956. The summed E-state index contributed by atoms with van der Waals surface area (Å²) in [6.45, 7) is 6.13. The number of terminal acetylenes is 1. The average molecular weight is 753 g/mol. The maximum Gasteiger partial charge on any atom is 0.519 e. The number of benzene rings is 2. The molecule has 0 aliphatic carbocycles. The van der Waals surface area contributed by atoms with Crippen molar-refractivity contribution in [2.24, 2.45) is 5.92 Å². The Morgan fingerprint density at radius 1 is 1.13 bits per heavy atom. The van der Waals surface area contributed by atoms with E-state index in [1.54, 1.807) is 6.92 Å². The lowest BCUT2D eigenvalue weighted by atomic mass is 9.88. The van der Waals surface area contributed by atoms with Crippen molar-refractivity contribution in [3.63, 3.8) is 0 Å². The van der Waals surface area contributed by atoms with Crippen LogP contribution >= 0.6 is 0 Å². The highest BCUT2D eigenvalue weighted by molar-refractivity contribution is 6.03. The van der Waals surface area contributed by atoms with E-state index < -0.39 is 29.2 Å². The third kappa shape index (κ3) is 5.26. The summed E-state index contributed by atoms with van der Waals surface area (Å²) in [5.74, 6) is 1.52. The molecule has 2 bridgehead atoms. The van der Waals surface area contributed by atoms with Crippen molar-refractivity contribution in [2.75, 3.05) is 31.1 Å². The van der Waals surface area contributed by atoms with Gasteiger partial charge in [0.1, 0.15) is 47.1 Å². The molecule has 4 fully saturated rings. The first-order valence-corrected chi connectivity index (χ1v) is 19.0. The number of alkyl halides is 1. The predicted octanol–water partition coefficient (Wildman–Crippen LogP) is 6.03. The molecule has 284 valence electrons. The van der Waals surface area contributed by atoms with E-state index in [0.29, 0.717) is 66.3 Å². The Morgan fingerprint density at radius 2 is 1.98 bits per heavy atom. The van der Waals surface area contributed by atoms with Gasteiger partial charge < -0.3 is 23.6 Å². The van der Waals surface area contributed by atoms with Crippen LogP contribution in [-0.2, 0) is 13.0 Å². The molecule has 0 saturated carbocycles. The van der Waals surface area contributed by atoms with Gasteiger partial charge in [0, 0.05) is 48.6 Å². The quantitative estimate of drug-likeness (QED) is 0.205. The highest BCUT2D eigenvalue weighted by Crippen LogP contribution is 2.48. The van der Waals surface area contributed by atoms with Gasteiger partial charge in [-0.05, 0) is 75.1 Å². The molecular formula is C41H39F3N6O5. The molecular weight excluding hydrogens is 713 g/mol. The molecule has 2 aromatic carbocycles. The van der Waals surface area contributed by atoms with Crippen molar-refractivity contribution >= 4 is 27.5 Å². The van der Waals surface area contributed by atoms with Gasteiger partial charge in [0.15, 0.2) is 11.6 Å². The highest BCUT2D eigenvalue weighted by Gasteiger charge is 2.52. The molecule has 0 unspecified atom stereocenters. The second-order valence-electron chi connectivity index (χ2n) is 16.0. The number of nitrogens with zero attached hydrogens (tertiary/aromatic N) is 6. The second-order valence-corrected chi connectivity index (χ2v) is 16.0. The zero-order valence-electron chi connectivity index (χ0n) is 30.4. The number of halogens is 3. The molecule has 0 spiro atoms. The van der Waals surface area contributed by atoms with Crippen LogP contribution in [0, 0.1) is 36.8 Å². The molecule has 5 aromatic rings. The summed E-state index contributed by atoms with van der Waals surface area (Å²) in [5, 5.41) is 12.0. The SMILES string of the molecule is C#Cc1c(F)ccc2cc(O)cc(-c3nc4c5c(nc(OC[C@@]67CCCN6C[C@H](F)C7)nc5c3F)N3C[C@H]5CC[C@@H]([C@H]3[C@@H](C)C4)N5Cc3oc(=O)oc3C)c12. The largest absolute Gasteiger partial charge is 0.519 e. The summed E-state index contributed by atoms with van der Waals surface area (Å²) in [6.07, 6.45) is 9.12. The number of aromatic hydroxyl groups is 1. The summed E-state index contributed by atoms with van der Waals surface area (Å²) in [5.41, 5.74) is -0.00121. The lowest BCUT2D eigenvalue weighted by molar-refractivity contribution is 0.0983. The van der Waals surface area contributed by atoms with Crippen LogP contribution in [0.25, 0.3) is 32.9 Å². The summed E-state index contributed by atoms with van der Waals surface area (Å²) in [7, 11) is 0. The number of hydrogen-bond donors (Lipinski definition) is 1. The maximum atomic E-state index is 17.5. The molecule has 55 heavy (non-hydrogen) atoms. The summed E-state index contributed by atoms with van der Waals surface area (Å²) in [4.78, 5) is 33.5. The number of anilines is 1. The van der Waals surface area contributed by atoms with E-state index in [1.807, 2.05) is 0 Å². The number of fused-ring (bicyclic) bond motifs is 7. The zero-order chi connectivity index (χ0) is 37.9. The van der Waals surface area contributed by atoms with Crippen LogP contribution in [0.2, 0.25) is 0 Å². The predicted molar refractivity (Wildman–Crippen MR) is 197 cm³/mol. The van der Waals surface area contributed by atoms with Gasteiger partial charge >= 0.3 is 11.8 Å². The molecule has 5 aliphatic rings. The van der Waals surface area contributed by atoms with Crippen LogP contribution in [0.4, 0.5) is 19.0 Å². The van der Waals surface area contributed by atoms with E-state index in [0.717, 1.165) is 32.2 Å². The first-order valence-electron chi connectivity index (χ1n) is 19.0. The summed E-state index contributed by atoms with van der Waals surface area (Å²) in [6, 6.07) is 5.49. The smallest absolute Gasteiger partial charge is 0.508 e. The van der Waals surface area contributed by atoms with E-state index in [9.17, 15) is 14.3 Å². The number of phenols is 1. The zero-order valence-corrected chi connectivity index (χ0v) is 30.4. The Balaban J connectivity index is 1.14. The topological polar surface area (TPSA) is 121 Å². The fraction of sp³-hybridized carbons (Fsp3) is 0.463. The van der Waals surface area contributed by atoms with Gasteiger partial charge in [0.25, 0.3) is 0 Å². The lowest BCUT2D eigenvalue weighted by Gasteiger charge is -2.49. The van der Waals surface area contributed by atoms with Crippen molar-refractivity contribution in [3.05, 3.63) is 69.3 Å². The van der Waals surface area contributed by atoms with Crippen molar-refractivity contribution in [3.8, 4) is 35.4 Å². The fourth-order valence-corrected chi connectivity index (χ4v) is 10.6. The Hall–Kier alpha value is -5.13. The standard InChI is InChI=1S/C41H39F3N6O5/c1-4-26-28(43)8-6-22-13-25(51)14-27(32(22)26)35-34(44)36-33-29(45-35)12-20(2)37-30-9-7-24(49(30)18-31-21(3)54-40(52)55-31)17-50(37)38(33)47-39(46-36)53-19-41-10-5-11-48(41)16-23(42)15-41/h1,6,8,13-14,20,23-24,30,37,51H,5,7,9-12,15-19H2,2-3H3/t20-,23+,24+,30-,37+,41-/m0/s1. The Bertz CT molecular complexity index is 2520. The van der Waals surface area contributed by atoms with Crippen LogP contribution in [-0.4, -0.2) is 85.9 Å². The number of piperazine rings is 1. The van der Waals surface area contributed by atoms with Crippen molar-refractivity contribution < 1.29 is 31.8 Å². The Morgan fingerprint density at radius 3 is 2.78 bits per heavy atom. The molecule has 4 saturated heterocycles. The van der Waals surface area contributed by atoms with Crippen LogP contribution in [0.3, 0.4) is 0 Å². The third-order valence-electron chi connectivity index (χ3n) is 12.9. The second kappa shape index (κ2) is 12.4. The molecule has 6 atom stereocenters. The van der Waals surface area contributed by atoms with Gasteiger partial charge in [-0.3, -0.25) is 9.80 Å². The molecule has 3 aromatic heterocycles. The molecule has 10 rings (SSSR count). The summed E-state index contributed by atoms with van der Waals surface area (Å²) >= 11 is 0. The average Bonchev–Trinajstić information content (AvgIpc) is 3.84. The van der Waals surface area contributed by atoms with E-state index in [4.69, 9.17) is 34.9 Å². The van der Waals surface area contributed by atoms with Crippen molar-refractivity contribution in [1.82, 2.24) is 24.8 Å². The van der Waals surface area contributed by atoms with E-state index in [2.05, 4.69) is 27.5 Å². The highest BCUT2D eigenvalue weighted by atomic mass is 19.1. The monoisotopic (exact) mass is 752 g/mol. The van der Waals surface area contributed by atoms with Gasteiger partial charge in [0.05, 0.1) is 28.7 Å². The maximum absolute atomic E-state index is 17.5. The third-order valence-corrected chi connectivity index (χ3v) is 12.9. The number of rotatable bonds is 6. The van der Waals surface area contributed by atoms with E-state index >= 15 is 8.78 Å². The van der Waals surface area contributed by atoms with Gasteiger partial charge in [0.2, 0.25) is 0 Å². The first-order chi connectivity index (χ1) is 26.5. The van der Waals surface area contributed by atoms with Crippen molar-refractivity contribution in [2.45, 2.75) is 88.8 Å². The fourth-order valence-electron chi connectivity index (χ4n) is 10.6. The van der Waals surface area contributed by atoms with Crippen LogP contribution in [0.5, 0.6) is 11.8 Å². The molecule has 14 heteroatoms. The normalized spacial score (nSPS) is 27.4.